The smallest absolute Gasteiger partial charge is 0.326 e. The van der Waals surface area contributed by atoms with Gasteiger partial charge in [0.2, 0.25) is 11.8 Å². The molecule has 4 nitrogen and oxygen atoms in total. The lowest BCUT2D eigenvalue weighted by molar-refractivity contribution is -0.137. The van der Waals surface area contributed by atoms with E-state index in [0.29, 0.717) is 11.3 Å². The molecule has 0 unspecified atom stereocenters. The SMILES string of the molecule is O=C1C[C@H](C(=O)Nc2ccc(Cl)c(C(F)(F)F)c2)c2ccccc2N1. The molecule has 0 radical (unpaired) electrons. The fourth-order valence-electron chi connectivity index (χ4n) is 2.69. The van der Waals surface area contributed by atoms with Crippen LogP contribution in [0.3, 0.4) is 0 Å². The van der Waals surface area contributed by atoms with Crippen molar-refractivity contribution in [3.05, 3.63) is 58.6 Å². The van der Waals surface area contributed by atoms with Crippen LogP contribution in [0, 0.1) is 0 Å². The van der Waals surface area contributed by atoms with Crippen molar-refractivity contribution in [2.24, 2.45) is 0 Å². The van der Waals surface area contributed by atoms with Crippen LogP contribution >= 0.6 is 11.6 Å². The van der Waals surface area contributed by atoms with Crippen LogP contribution in [0.25, 0.3) is 0 Å². The zero-order chi connectivity index (χ0) is 18.2. The Labute approximate surface area is 146 Å². The van der Waals surface area contributed by atoms with E-state index in [1.807, 2.05) is 0 Å². The van der Waals surface area contributed by atoms with E-state index in [9.17, 15) is 22.8 Å². The van der Waals surface area contributed by atoms with Gasteiger partial charge in [0.05, 0.1) is 16.5 Å². The summed E-state index contributed by atoms with van der Waals surface area (Å²) in [5, 5.41) is 4.64. The van der Waals surface area contributed by atoms with E-state index in [2.05, 4.69) is 10.6 Å². The van der Waals surface area contributed by atoms with E-state index in [1.165, 1.54) is 6.07 Å². The first-order valence-electron chi connectivity index (χ1n) is 7.32. The van der Waals surface area contributed by atoms with Gasteiger partial charge in [-0.25, -0.2) is 0 Å². The van der Waals surface area contributed by atoms with Gasteiger partial charge in [0.15, 0.2) is 0 Å². The van der Waals surface area contributed by atoms with E-state index in [-0.39, 0.29) is 18.0 Å². The highest BCUT2D eigenvalue weighted by Gasteiger charge is 2.34. The van der Waals surface area contributed by atoms with Gasteiger partial charge in [0, 0.05) is 17.8 Å². The van der Waals surface area contributed by atoms with E-state index < -0.39 is 28.6 Å². The molecule has 0 aromatic heterocycles. The molecule has 0 bridgehead atoms. The van der Waals surface area contributed by atoms with E-state index in [0.717, 1.165) is 12.1 Å². The number of benzene rings is 2. The van der Waals surface area contributed by atoms with Crippen molar-refractivity contribution in [1.29, 1.82) is 0 Å². The minimum atomic E-state index is -4.63. The Kier molecular flexibility index (Phi) is 4.43. The summed E-state index contributed by atoms with van der Waals surface area (Å²) in [6.07, 6.45) is -4.71. The molecule has 1 atom stereocenters. The normalized spacial score (nSPS) is 16.8. The number of rotatable bonds is 2. The number of alkyl halides is 3. The van der Waals surface area contributed by atoms with Crippen molar-refractivity contribution in [3.63, 3.8) is 0 Å². The highest BCUT2D eigenvalue weighted by molar-refractivity contribution is 6.31. The summed E-state index contributed by atoms with van der Waals surface area (Å²) in [5.41, 5.74) is 0.0644. The molecule has 2 aromatic carbocycles. The molecule has 0 fully saturated rings. The summed E-state index contributed by atoms with van der Waals surface area (Å²) in [6.45, 7) is 0. The quantitative estimate of drug-likeness (QED) is 0.824. The number of nitrogens with one attached hydrogen (secondary N) is 2. The zero-order valence-corrected chi connectivity index (χ0v) is 13.4. The molecule has 2 amide bonds. The van der Waals surface area contributed by atoms with Gasteiger partial charge in [-0.3, -0.25) is 9.59 Å². The Bertz CT molecular complexity index is 852. The van der Waals surface area contributed by atoms with Crippen LogP contribution in [-0.4, -0.2) is 11.8 Å². The summed E-state index contributed by atoms with van der Waals surface area (Å²) < 4.78 is 38.8. The second-order valence-electron chi connectivity index (χ2n) is 5.57. The number of amides is 2. The van der Waals surface area contributed by atoms with Crippen LogP contribution in [0.1, 0.15) is 23.5 Å². The Morgan fingerprint density at radius 2 is 1.92 bits per heavy atom. The minimum Gasteiger partial charge on any atom is -0.326 e. The molecule has 0 saturated heterocycles. The van der Waals surface area contributed by atoms with Crippen LogP contribution in [0.4, 0.5) is 24.5 Å². The van der Waals surface area contributed by atoms with E-state index in [4.69, 9.17) is 11.6 Å². The van der Waals surface area contributed by atoms with Crippen molar-refractivity contribution in [2.75, 3.05) is 10.6 Å². The topological polar surface area (TPSA) is 58.2 Å². The number of hydrogen-bond acceptors (Lipinski definition) is 2. The van der Waals surface area contributed by atoms with Crippen molar-refractivity contribution in [1.82, 2.24) is 0 Å². The number of halogens is 4. The van der Waals surface area contributed by atoms with Gasteiger partial charge in [-0.15, -0.1) is 0 Å². The third kappa shape index (κ3) is 3.61. The van der Waals surface area contributed by atoms with Crippen LogP contribution in [0.2, 0.25) is 5.02 Å². The van der Waals surface area contributed by atoms with Gasteiger partial charge < -0.3 is 10.6 Å². The number of anilines is 2. The predicted molar refractivity (Wildman–Crippen MR) is 87.5 cm³/mol. The fraction of sp³-hybridized carbons (Fsp3) is 0.176. The summed E-state index contributed by atoms with van der Waals surface area (Å²) >= 11 is 5.57. The molecular weight excluding hydrogens is 357 g/mol. The molecule has 0 aliphatic carbocycles. The predicted octanol–water partition coefficient (Wildman–Crippen LogP) is 4.42. The van der Waals surface area contributed by atoms with Crippen molar-refractivity contribution in [3.8, 4) is 0 Å². The third-order valence-electron chi connectivity index (χ3n) is 3.86. The van der Waals surface area contributed by atoms with Crippen LogP contribution in [-0.2, 0) is 15.8 Å². The fourth-order valence-corrected chi connectivity index (χ4v) is 2.92. The molecule has 1 aliphatic heterocycles. The maximum atomic E-state index is 12.9. The van der Waals surface area contributed by atoms with Crippen molar-refractivity contribution >= 4 is 34.8 Å². The number of carbonyl (C=O) groups is 2. The maximum absolute atomic E-state index is 12.9. The Morgan fingerprint density at radius 3 is 2.64 bits per heavy atom. The molecule has 130 valence electrons. The van der Waals surface area contributed by atoms with Crippen molar-refractivity contribution in [2.45, 2.75) is 18.5 Å². The van der Waals surface area contributed by atoms with Gasteiger partial charge in [-0.1, -0.05) is 29.8 Å². The van der Waals surface area contributed by atoms with Crippen LogP contribution in [0.5, 0.6) is 0 Å². The van der Waals surface area contributed by atoms with Crippen LogP contribution in [0.15, 0.2) is 42.5 Å². The number of hydrogen-bond donors (Lipinski definition) is 2. The lowest BCUT2D eigenvalue weighted by Crippen LogP contribution is -2.30. The summed E-state index contributed by atoms with van der Waals surface area (Å²) in [7, 11) is 0. The zero-order valence-electron chi connectivity index (χ0n) is 12.7. The molecule has 25 heavy (non-hydrogen) atoms. The number of carbonyl (C=O) groups excluding carboxylic acids is 2. The van der Waals surface area contributed by atoms with Crippen molar-refractivity contribution < 1.29 is 22.8 Å². The number of fused-ring (bicyclic) bond motifs is 1. The lowest BCUT2D eigenvalue weighted by Gasteiger charge is -2.25. The third-order valence-corrected chi connectivity index (χ3v) is 4.19. The second-order valence-corrected chi connectivity index (χ2v) is 5.98. The highest BCUT2D eigenvalue weighted by atomic mass is 35.5. The first kappa shape index (κ1) is 17.3. The molecular formula is C17H12ClF3N2O2. The molecule has 3 rings (SSSR count). The van der Waals surface area contributed by atoms with Gasteiger partial charge in [-0.2, -0.15) is 13.2 Å². The van der Waals surface area contributed by atoms with E-state index in [1.54, 1.807) is 24.3 Å². The monoisotopic (exact) mass is 368 g/mol. The molecule has 8 heteroatoms. The standard InChI is InChI=1S/C17H12ClF3N2O2/c18-13-6-5-9(7-12(13)17(19,20)21)22-16(25)11-8-15(24)23-14-4-2-1-3-10(11)14/h1-7,11H,8H2,(H,22,25)(H,23,24)/t11-/m0/s1. The second kappa shape index (κ2) is 6.40. The average molecular weight is 369 g/mol. The van der Waals surface area contributed by atoms with Gasteiger partial charge in [-0.05, 0) is 29.8 Å². The summed E-state index contributed by atoms with van der Waals surface area (Å²) in [4.78, 5) is 24.3. The Hall–Kier alpha value is -2.54. The average Bonchev–Trinajstić information content (AvgIpc) is 2.54. The van der Waals surface area contributed by atoms with E-state index >= 15 is 0 Å². The molecule has 0 saturated carbocycles. The van der Waals surface area contributed by atoms with Gasteiger partial charge in [0.1, 0.15) is 0 Å². The van der Waals surface area contributed by atoms with Gasteiger partial charge in [0.25, 0.3) is 0 Å². The minimum absolute atomic E-state index is 0.0369. The molecule has 1 aliphatic rings. The first-order chi connectivity index (χ1) is 11.8. The lowest BCUT2D eigenvalue weighted by atomic mass is 9.90. The maximum Gasteiger partial charge on any atom is 0.417 e. The van der Waals surface area contributed by atoms with Gasteiger partial charge >= 0.3 is 6.18 Å². The first-order valence-corrected chi connectivity index (χ1v) is 7.70. The summed E-state index contributed by atoms with van der Waals surface area (Å²) in [5.74, 6) is -1.67. The van der Waals surface area contributed by atoms with Crippen LogP contribution < -0.4 is 10.6 Å². The molecule has 2 aromatic rings. The summed E-state index contributed by atoms with van der Waals surface area (Å²) in [6, 6.07) is 9.93. The highest BCUT2D eigenvalue weighted by Crippen LogP contribution is 2.37. The molecule has 1 heterocycles. The Balaban J connectivity index is 1.87. The largest absolute Gasteiger partial charge is 0.417 e. The molecule has 0 spiro atoms. The molecule has 2 N–H and O–H groups in total. The number of para-hydroxylation sites is 1. The Morgan fingerprint density at radius 1 is 1.20 bits per heavy atom.